The second-order valence-electron chi connectivity index (χ2n) is 3.37. The fourth-order valence-electron chi connectivity index (χ4n) is 1.84. The lowest BCUT2D eigenvalue weighted by Gasteiger charge is -2.27. The monoisotopic (exact) mass is 199 g/mol. The molecule has 2 atom stereocenters. The lowest BCUT2D eigenvalue weighted by atomic mass is 9.77. The van der Waals surface area contributed by atoms with Crippen molar-refractivity contribution in [3.8, 4) is 0 Å². The molecule has 1 aliphatic rings. The van der Waals surface area contributed by atoms with Crippen molar-refractivity contribution in [2.24, 2.45) is 28.5 Å². The van der Waals surface area contributed by atoms with Crippen molar-refractivity contribution < 1.29 is 14.8 Å². The predicted molar refractivity (Wildman–Crippen MR) is 48.4 cm³/mol. The van der Waals surface area contributed by atoms with E-state index >= 15 is 0 Å². The second-order valence-corrected chi connectivity index (χ2v) is 3.37. The highest BCUT2D eigenvalue weighted by Gasteiger charge is 2.38. The Labute approximate surface area is 80.9 Å². The van der Waals surface area contributed by atoms with E-state index in [0.29, 0.717) is 19.3 Å². The van der Waals surface area contributed by atoms with Crippen molar-refractivity contribution in [3.05, 3.63) is 0 Å². The van der Waals surface area contributed by atoms with Crippen LogP contribution in [-0.4, -0.2) is 22.7 Å². The molecule has 1 aliphatic carbocycles. The van der Waals surface area contributed by atoms with E-state index in [1.165, 1.54) is 0 Å². The molecule has 0 saturated heterocycles. The molecular weight excluding hydrogens is 186 g/mol. The van der Waals surface area contributed by atoms with E-state index in [1.807, 2.05) is 0 Å². The summed E-state index contributed by atoms with van der Waals surface area (Å²) in [5, 5.41) is 11.6. The van der Waals surface area contributed by atoms with Crippen LogP contribution in [0.5, 0.6) is 0 Å². The van der Waals surface area contributed by atoms with E-state index in [4.69, 9.17) is 16.7 Å². The average molecular weight is 199 g/mol. The molecule has 0 spiro atoms. The molecule has 0 bridgehead atoms. The number of hydrogen-bond acceptors (Lipinski definition) is 4. The van der Waals surface area contributed by atoms with Crippen LogP contribution in [0.25, 0.3) is 0 Å². The summed E-state index contributed by atoms with van der Waals surface area (Å²) < 4.78 is 0. The maximum Gasteiger partial charge on any atom is 0.227 e. The molecule has 0 aromatic rings. The lowest BCUT2D eigenvalue weighted by molar-refractivity contribution is -0.129. The quantitative estimate of drug-likeness (QED) is 0.399. The first-order valence-corrected chi connectivity index (χ1v) is 4.37. The summed E-state index contributed by atoms with van der Waals surface area (Å²) in [6.45, 7) is 0. The highest BCUT2D eigenvalue weighted by atomic mass is 16.4. The maximum absolute atomic E-state index is 11.1. The number of nitrogens with zero attached hydrogens (tertiary/aromatic N) is 1. The smallest absolute Gasteiger partial charge is 0.227 e. The largest absolute Gasteiger partial charge is 0.411 e. The van der Waals surface area contributed by atoms with Crippen molar-refractivity contribution in [1.29, 1.82) is 0 Å². The fraction of sp³-hybridized carbons (Fsp3) is 0.625. The number of hydrogen-bond donors (Lipinski definition) is 3. The molecule has 78 valence electrons. The second kappa shape index (κ2) is 4.08. The molecule has 1 rings (SSSR count). The maximum atomic E-state index is 11.1. The van der Waals surface area contributed by atoms with Crippen LogP contribution in [0.15, 0.2) is 5.16 Å². The summed E-state index contributed by atoms with van der Waals surface area (Å²) in [6, 6.07) is 0. The van der Waals surface area contributed by atoms with Crippen molar-refractivity contribution in [2.75, 3.05) is 0 Å². The molecular formula is C8H13N3O3. The highest BCUT2D eigenvalue weighted by Crippen LogP contribution is 2.27. The Balaban J connectivity index is 2.95. The van der Waals surface area contributed by atoms with Gasteiger partial charge < -0.3 is 16.7 Å². The number of carbonyl (C=O) groups is 2. The minimum absolute atomic E-state index is 0.257. The highest BCUT2D eigenvalue weighted by molar-refractivity contribution is 6.07. The van der Waals surface area contributed by atoms with Gasteiger partial charge in [0.05, 0.1) is 17.5 Å². The van der Waals surface area contributed by atoms with Gasteiger partial charge in [0.1, 0.15) is 0 Å². The normalized spacial score (nSPS) is 30.1. The van der Waals surface area contributed by atoms with Crippen LogP contribution < -0.4 is 11.5 Å². The molecule has 0 aliphatic heterocycles. The van der Waals surface area contributed by atoms with Crippen LogP contribution in [0.2, 0.25) is 0 Å². The van der Waals surface area contributed by atoms with Gasteiger partial charge in [0, 0.05) is 0 Å². The van der Waals surface area contributed by atoms with E-state index in [9.17, 15) is 9.59 Å². The standard InChI is InChI=1S/C8H13N3O3/c9-7(12)4-2-1-3-5(11-14)6(4)8(10)13/h4,6,14H,1-3H2,(H2,9,12)(H2,10,13). The number of oxime groups is 1. The van der Waals surface area contributed by atoms with Crippen LogP contribution in [-0.2, 0) is 9.59 Å². The zero-order chi connectivity index (χ0) is 10.7. The van der Waals surface area contributed by atoms with Crippen LogP contribution in [0.3, 0.4) is 0 Å². The van der Waals surface area contributed by atoms with E-state index in [2.05, 4.69) is 5.16 Å². The summed E-state index contributed by atoms with van der Waals surface area (Å²) in [5.41, 5.74) is 10.5. The third-order valence-electron chi connectivity index (χ3n) is 2.51. The zero-order valence-electron chi connectivity index (χ0n) is 7.64. The summed E-state index contributed by atoms with van der Waals surface area (Å²) in [6.07, 6.45) is 1.67. The molecule has 1 fully saturated rings. The first kappa shape index (κ1) is 10.5. The molecule has 0 heterocycles. The number of primary amides is 2. The van der Waals surface area contributed by atoms with Gasteiger partial charge >= 0.3 is 0 Å². The molecule has 6 heteroatoms. The first-order chi connectivity index (χ1) is 6.57. The van der Waals surface area contributed by atoms with E-state index in [1.54, 1.807) is 0 Å². The third-order valence-corrected chi connectivity index (χ3v) is 2.51. The Morgan fingerprint density at radius 3 is 2.43 bits per heavy atom. The van der Waals surface area contributed by atoms with Gasteiger partial charge in [0.2, 0.25) is 11.8 Å². The van der Waals surface area contributed by atoms with Crippen molar-refractivity contribution in [3.63, 3.8) is 0 Å². The Morgan fingerprint density at radius 1 is 1.36 bits per heavy atom. The Hall–Kier alpha value is -1.59. The van der Waals surface area contributed by atoms with Crippen molar-refractivity contribution in [2.45, 2.75) is 19.3 Å². The van der Waals surface area contributed by atoms with Gasteiger partial charge in [-0.25, -0.2) is 0 Å². The molecule has 1 saturated carbocycles. The number of carbonyl (C=O) groups excluding carboxylic acids is 2. The molecule has 14 heavy (non-hydrogen) atoms. The molecule has 0 aromatic carbocycles. The van der Waals surface area contributed by atoms with Crippen LogP contribution >= 0.6 is 0 Å². The Morgan fingerprint density at radius 2 is 2.00 bits per heavy atom. The molecule has 0 radical (unpaired) electrons. The number of nitrogens with two attached hydrogens (primary N) is 2. The molecule has 5 N–H and O–H groups in total. The van der Waals surface area contributed by atoms with Gasteiger partial charge in [-0.05, 0) is 19.3 Å². The van der Waals surface area contributed by atoms with Gasteiger partial charge in [-0.1, -0.05) is 5.16 Å². The van der Waals surface area contributed by atoms with Gasteiger partial charge in [0.15, 0.2) is 0 Å². The minimum atomic E-state index is -0.841. The molecule has 2 amide bonds. The van der Waals surface area contributed by atoms with Crippen LogP contribution in [0, 0.1) is 11.8 Å². The summed E-state index contributed by atoms with van der Waals surface area (Å²) >= 11 is 0. The van der Waals surface area contributed by atoms with Crippen molar-refractivity contribution in [1.82, 2.24) is 0 Å². The Bertz CT molecular complexity index is 288. The number of rotatable bonds is 2. The van der Waals surface area contributed by atoms with Crippen molar-refractivity contribution >= 4 is 17.5 Å². The molecule has 6 nitrogen and oxygen atoms in total. The molecule has 2 unspecified atom stereocenters. The van der Waals surface area contributed by atoms with E-state index < -0.39 is 23.7 Å². The average Bonchev–Trinajstić information content (AvgIpc) is 2.16. The fourth-order valence-corrected chi connectivity index (χ4v) is 1.84. The Kier molecular flexibility index (Phi) is 3.06. The van der Waals surface area contributed by atoms with E-state index in [-0.39, 0.29) is 5.71 Å². The van der Waals surface area contributed by atoms with Crippen LogP contribution in [0.1, 0.15) is 19.3 Å². The van der Waals surface area contributed by atoms with Crippen LogP contribution in [0.4, 0.5) is 0 Å². The van der Waals surface area contributed by atoms with Gasteiger partial charge in [-0.2, -0.15) is 0 Å². The van der Waals surface area contributed by atoms with Gasteiger partial charge in [-0.15, -0.1) is 0 Å². The third kappa shape index (κ3) is 1.84. The predicted octanol–water partition coefficient (Wildman–Crippen LogP) is -0.797. The van der Waals surface area contributed by atoms with E-state index in [0.717, 1.165) is 0 Å². The zero-order valence-corrected chi connectivity index (χ0v) is 7.64. The topological polar surface area (TPSA) is 119 Å². The minimum Gasteiger partial charge on any atom is -0.411 e. The summed E-state index contributed by atoms with van der Waals surface area (Å²) in [4.78, 5) is 22.1. The SMILES string of the molecule is NC(=O)C1CCCC(=NO)C1C(N)=O. The van der Waals surface area contributed by atoms with Gasteiger partial charge in [-0.3, -0.25) is 9.59 Å². The summed E-state index contributed by atoms with van der Waals surface area (Å²) in [7, 11) is 0. The molecule has 0 aromatic heterocycles. The summed E-state index contributed by atoms with van der Waals surface area (Å²) in [5.74, 6) is -2.71. The van der Waals surface area contributed by atoms with Gasteiger partial charge in [0.25, 0.3) is 0 Å². The first-order valence-electron chi connectivity index (χ1n) is 4.37. The lowest BCUT2D eigenvalue weighted by Crippen LogP contribution is -2.44. The number of amides is 2.